The SMILES string of the molecule is CCCC(=O)OC[C@H](CO[C@@H]1O[C@H](CS(=O)(=O)O)[C@@H](O)[C@H](O)[C@H]1O)OC(=O)CCC. The predicted molar refractivity (Wildman–Crippen MR) is 99.7 cm³/mol. The van der Waals surface area contributed by atoms with E-state index in [-0.39, 0.29) is 19.4 Å². The second kappa shape index (κ2) is 12.5. The van der Waals surface area contributed by atoms with Gasteiger partial charge >= 0.3 is 11.9 Å². The number of carbonyl (C=O) groups excluding carboxylic acids is 2. The van der Waals surface area contributed by atoms with Gasteiger partial charge in [0.1, 0.15) is 36.8 Å². The van der Waals surface area contributed by atoms with Crippen molar-refractivity contribution in [2.75, 3.05) is 19.0 Å². The van der Waals surface area contributed by atoms with Crippen LogP contribution < -0.4 is 0 Å². The van der Waals surface area contributed by atoms with Gasteiger partial charge in [0.2, 0.25) is 0 Å². The Morgan fingerprint density at radius 1 is 0.967 bits per heavy atom. The molecule has 176 valence electrons. The highest BCUT2D eigenvalue weighted by Crippen LogP contribution is 2.23. The lowest BCUT2D eigenvalue weighted by atomic mass is 10.00. The third-order valence-electron chi connectivity index (χ3n) is 4.13. The third kappa shape index (κ3) is 9.20. The minimum Gasteiger partial charge on any atom is -0.462 e. The summed E-state index contributed by atoms with van der Waals surface area (Å²) < 4.78 is 51.7. The topological polar surface area (TPSA) is 186 Å². The van der Waals surface area contributed by atoms with Gasteiger partial charge in [-0.15, -0.1) is 0 Å². The number of hydrogen-bond donors (Lipinski definition) is 4. The van der Waals surface area contributed by atoms with Gasteiger partial charge in [-0.1, -0.05) is 13.8 Å². The summed E-state index contributed by atoms with van der Waals surface area (Å²) in [6.45, 7) is 2.81. The summed E-state index contributed by atoms with van der Waals surface area (Å²) in [7, 11) is -4.56. The molecule has 1 aliphatic heterocycles. The average Bonchev–Trinajstić information content (AvgIpc) is 2.64. The Balaban J connectivity index is 2.77. The van der Waals surface area contributed by atoms with E-state index in [2.05, 4.69) is 0 Å². The highest BCUT2D eigenvalue weighted by atomic mass is 32.2. The molecule has 0 radical (unpaired) electrons. The number of rotatable bonds is 12. The molecule has 0 unspecified atom stereocenters. The Labute approximate surface area is 174 Å². The zero-order valence-electron chi connectivity index (χ0n) is 16.9. The minimum atomic E-state index is -4.56. The number of carbonyl (C=O) groups is 2. The molecular formula is C17H30O12S. The molecule has 1 heterocycles. The zero-order valence-corrected chi connectivity index (χ0v) is 17.7. The van der Waals surface area contributed by atoms with E-state index in [1.165, 1.54) is 0 Å². The maximum absolute atomic E-state index is 11.8. The first-order valence-electron chi connectivity index (χ1n) is 9.60. The monoisotopic (exact) mass is 458 g/mol. The van der Waals surface area contributed by atoms with Crippen molar-refractivity contribution in [2.45, 2.75) is 76.3 Å². The fourth-order valence-corrected chi connectivity index (χ4v) is 3.32. The number of aliphatic hydroxyl groups excluding tert-OH is 3. The summed E-state index contributed by atoms with van der Waals surface area (Å²) in [5, 5.41) is 29.8. The van der Waals surface area contributed by atoms with Crippen molar-refractivity contribution in [2.24, 2.45) is 0 Å². The molecule has 0 bridgehead atoms. The standard InChI is InChI=1S/C17H30O12S/c1-3-5-12(18)26-7-10(28-13(19)6-4-2)8-27-17-16(22)15(21)14(20)11(29-17)9-30(23,24)25/h10-11,14-17,20-22H,3-9H2,1-2H3,(H,23,24,25)/t10-,11-,14-,15+,16-,17-/m1/s1. The summed E-state index contributed by atoms with van der Waals surface area (Å²) in [4.78, 5) is 23.3. The van der Waals surface area contributed by atoms with Crippen LogP contribution in [0.25, 0.3) is 0 Å². The van der Waals surface area contributed by atoms with Gasteiger partial charge < -0.3 is 34.3 Å². The fraction of sp³-hybridized carbons (Fsp3) is 0.882. The Morgan fingerprint density at radius 3 is 2.13 bits per heavy atom. The highest BCUT2D eigenvalue weighted by Gasteiger charge is 2.45. The molecule has 4 N–H and O–H groups in total. The van der Waals surface area contributed by atoms with Crippen LogP contribution in [0.2, 0.25) is 0 Å². The number of esters is 2. The van der Waals surface area contributed by atoms with Crippen molar-refractivity contribution < 1.29 is 56.8 Å². The molecule has 30 heavy (non-hydrogen) atoms. The lowest BCUT2D eigenvalue weighted by Crippen LogP contribution is -2.60. The first kappa shape index (κ1) is 26.7. The lowest BCUT2D eigenvalue weighted by molar-refractivity contribution is -0.297. The number of ether oxygens (including phenoxy) is 4. The van der Waals surface area contributed by atoms with Crippen molar-refractivity contribution in [3.05, 3.63) is 0 Å². The van der Waals surface area contributed by atoms with Crippen molar-refractivity contribution in [3.8, 4) is 0 Å². The van der Waals surface area contributed by atoms with E-state index >= 15 is 0 Å². The predicted octanol–water partition coefficient (Wildman–Crippen LogP) is -1.25. The Bertz CT molecular complexity index is 651. The summed E-state index contributed by atoms with van der Waals surface area (Å²) in [5.74, 6) is -2.11. The van der Waals surface area contributed by atoms with E-state index in [9.17, 15) is 33.3 Å². The molecule has 0 spiro atoms. The largest absolute Gasteiger partial charge is 0.462 e. The van der Waals surface area contributed by atoms with E-state index in [1.54, 1.807) is 13.8 Å². The van der Waals surface area contributed by atoms with Crippen LogP contribution in [-0.4, -0.2) is 96.0 Å². The first-order valence-corrected chi connectivity index (χ1v) is 11.2. The van der Waals surface area contributed by atoms with Crippen LogP contribution in [0.3, 0.4) is 0 Å². The van der Waals surface area contributed by atoms with E-state index in [0.717, 1.165) is 0 Å². The smallest absolute Gasteiger partial charge is 0.306 e. The van der Waals surface area contributed by atoms with Crippen molar-refractivity contribution >= 4 is 22.1 Å². The summed E-state index contributed by atoms with van der Waals surface area (Å²) in [6.07, 6.45) is -8.24. The van der Waals surface area contributed by atoms with Crippen LogP contribution >= 0.6 is 0 Å². The molecule has 6 atom stereocenters. The van der Waals surface area contributed by atoms with Gasteiger partial charge in [0, 0.05) is 12.8 Å². The fourth-order valence-electron chi connectivity index (χ4n) is 2.63. The van der Waals surface area contributed by atoms with E-state index in [4.69, 9.17) is 23.5 Å². The molecule has 0 aromatic heterocycles. The molecular weight excluding hydrogens is 428 g/mol. The van der Waals surface area contributed by atoms with Crippen molar-refractivity contribution in [1.29, 1.82) is 0 Å². The molecule has 0 saturated carbocycles. The lowest BCUT2D eigenvalue weighted by Gasteiger charge is -2.40. The van der Waals surface area contributed by atoms with Gasteiger partial charge in [-0.25, -0.2) is 0 Å². The molecule has 0 aromatic rings. The van der Waals surface area contributed by atoms with Gasteiger partial charge in [0.05, 0.1) is 6.61 Å². The molecule has 0 aromatic carbocycles. The van der Waals surface area contributed by atoms with Gasteiger partial charge in [-0.2, -0.15) is 8.42 Å². The van der Waals surface area contributed by atoms with Crippen LogP contribution in [-0.2, 0) is 38.7 Å². The van der Waals surface area contributed by atoms with Crippen LogP contribution in [0.5, 0.6) is 0 Å². The summed E-state index contributed by atoms with van der Waals surface area (Å²) in [6, 6.07) is 0. The van der Waals surface area contributed by atoms with Crippen molar-refractivity contribution in [3.63, 3.8) is 0 Å². The van der Waals surface area contributed by atoms with Gasteiger partial charge in [-0.3, -0.25) is 14.1 Å². The molecule has 1 saturated heterocycles. The average molecular weight is 458 g/mol. The first-order chi connectivity index (χ1) is 14.0. The zero-order chi connectivity index (χ0) is 22.9. The van der Waals surface area contributed by atoms with Gasteiger partial charge in [-0.05, 0) is 12.8 Å². The quantitative estimate of drug-likeness (QED) is 0.201. The molecule has 0 amide bonds. The molecule has 1 aliphatic rings. The second-order valence-corrected chi connectivity index (χ2v) is 8.39. The molecule has 0 aliphatic carbocycles. The van der Waals surface area contributed by atoms with Crippen LogP contribution in [0, 0.1) is 0 Å². The maximum Gasteiger partial charge on any atom is 0.306 e. The van der Waals surface area contributed by atoms with Gasteiger partial charge in [0.15, 0.2) is 12.4 Å². The molecule has 1 fully saturated rings. The van der Waals surface area contributed by atoms with E-state index in [1.807, 2.05) is 0 Å². The van der Waals surface area contributed by atoms with Crippen LogP contribution in [0.4, 0.5) is 0 Å². The Morgan fingerprint density at radius 2 is 1.57 bits per heavy atom. The summed E-state index contributed by atoms with van der Waals surface area (Å²) in [5.41, 5.74) is 0. The molecule has 1 rings (SSSR count). The summed E-state index contributed by atoms with van der Waals surface area (Å²) >= 11 is 0. The van der Waals surface area contributed by atoms with Gasteiger partial charge in [0.25, 0.3) is 10.1 Å². The highest BCUT2D eigenvalue weighted by molar-refractivity contribution is 7.85. The number of hydrogen-bond acceptors (Lipinski definition) is 11. The number of aliphatic hydroxyl groups is 3. The van der Waals surface area contributed by atoms with Crippen LogP contribution in [0.1, 0.15) is 39.5 Å². The minimum absolute atomic E-state index is 0.114. The molecule has 13 heteroatoms. The normalized spacial score (nSPS) is 28.0. The van der Waals surface area contributed by atoms with E-state index in [0.29, 0.717) is 12.8 Å². The maximum atomic E-state index is 11.8. The van der Waals surface area contributed by atoms with E-state index < -0.39 is 71.2 Å². The second-order valence-electron chi connectivity index (χ2n) is 6.89. The Hall–Kier alpha value is -1.35. The van der Waals surface area contributed by atoms with Crippen molar-refractivity contribution in [1.82, 2.24) is 0 Å². The molecule has 12 nitrogen and oxygen atoms in total. The Kier molecular flexibility index (Phi) is 11.1. The van der Waals surface area contributed by atoms with Crippen LogP contribution in [0.15, 0.2) is 0 Å². The third-order valence-corrected chi connectivity index (χ3v) is 4.88.